The van der Waals surface area contributed by atoms with Gasteiger partial charge in [0.2, 0.25) is 0 Å². The monoisotopic (exact) mass is 246 g/mol. The van der Waals surface area contributed by atoms with Gasteiger partial charge in [0.1, 0.15) is 5.69 Å². The Labute approximate surface area is 95.6 Å². The number of nitrogens with one attached hydrogen (secondary N) is 1. The zero-order valence-electron chi connectivity index (χ0n) is 8.73. The minimum absolute atomic E-state index is 0.112. The number of carbonyl (C=O) groups is 1. The van der Waals surface area contributed by atoms with Crippen molar-refractivity contribution in [3.05, 3.63) is 16.6 Å². The van der Waals surface area contributed by atoms with Crippen LogP contribution in [0.15, 0.2) is 10.9 Å². The van der Waals surface area contributed by atoms with E-state index in [2.05, 4.69) is 10.3 Å². The summed E-state index contributed by atoms with van der Waals surface area (Å²) in [5, 5.41) is 4.56. The third-order valence-corrected chi connectivity index (χ3v) is 4.02. The molecule has 0 saturated heterocycles. The summed E-state index contributed by atoms with van der Waals surface area (Å²) in [5.74, 6) is -0.162. The van der Waals surface area contributed by atoms with Crippen molar-refractivity contribution < 1.29 is 9.00 Å². The molecule has 0 aliphatic heterocycles. The standard InChI is InChI=1S/C9H14N2O2S2/c1-7(15(2)13)3-4-10-9(12)8-5-14-6-11-8/h5-7H,3-4H2,1-2H3,(H,10,12). The number of nitrogens with zero attached hydrogens (tertiary/aromatic N) is 1. The fourth-order valence-corrected chi connectivity index (χ4v) is 1.95. The van der Waals surface area contributed by atoms with Crippen molar-refractivity contribution in [1.29, 1.82) is 0 Å². The summed E-state index contributed by atoms with van der Waals surface area (Å²) >= 11 is 1.39. The molecule has 0 radical (unpaired) electrons. The Morgan fingerprint density at radius 2 is 2.47 bits per heavy atom. The molecule has 0 aliphatic rings. The van der Waals surface area contributed by atoms with Crippen LogP contribution in [0.4, 0.5) is 0 Å². The first-order valence-electron chi connectivity index (χ1n) is 4.60. The van der Waals surface area contributed by atoms with Crippen LogP contribution in [0.5, 0.6) is 0 Å². The quantitative estimate of drug-likeness (QED) is 0.844. The van der Waals surface area contributed by atoms with Crippen molar-refractivity contribution in [3.8, 4) is 0 Å². The first-order valence-corrected chi connectivity index (χ1v) is 7.16. The van der Waals surface area contributed by atoms with Gasteiger partial charge in [0.25, 0.3) is 5.91 Å². The van der Waals surface area contributed by atoms with Crippen LogP contribution < -0.4 is 5.32 Å². The zero-order valence-corrected chi connectivity index (χ0v) is 10.4. The molecule has 1 aromatic rings. The molecule has 0 bridgehead atoms. The number of hydrogen-bond acceptors (Lipinski definition) is 4. The van der Waals surface area contributed by atoms with Gasteiger partial charge in [-0.1, -0.05) is 6.92 Å². The molecule has 0 saturated carbocycles. The molecule has 6 heteroatoms. The highest BCUT2D eigenvalue weighted by Crippen LogP contribution is 2.01. The van der Waals surface area contributed by atoms with Crippen LogP contribution in [-0.2, 0) is 10.8 Å². The smallest absolute Gasteiger partial charge is 0.270 e. The summed E-state index contributed by atoms with van der Waals surface area (Å²) in [6, 6.07) is 0. The van der Waals surface area contributed by atoms with Gasteiger partial charge in [-0.05, 0) is 6.42 Å². The second-order valence-electron chi connectivity index (χ2n) is 3.23. The van der Waals surface area contributed by atoms with Crippen LogP contribution in [0.3, 0.4) is 0 Å². The number of hydrogen-bond donors (Lipinski definition) is 1. The van der Waals surface area contributed by atoms with Gasteiger partial charge in [-0.25, -0.2) is 4.98 Å². The topological polar surface area (TPSA) is 59.1 Å². The van der Waals surface area contributed by atoms with Gasteiger partial charge in [-0.2, -0.15) is 0 Å². The SMILES string of the molecule is CC(CCNC(=O)c1cscn1)S(C)=O. The molecule has 0 aliphatic carbocycles. The highest BCUT2D eigenvalue weighted by atomic mass is 32.2. The third-order valence-electron chi connectivity index (χ3n) is 2.07. The van der Waals surface area contributed by atoms with Gasteiger partial charge in [0.05, 0.1) is 5.51 Å². The van der Waals surface area contributed by atoms with Gasteiger partial charge in [-0.15, -0.1) is 11.3 Å². The average molecular weight is 246 g/mol. The number of aromatic nitrogens is 1. The molecule has 2 unspecified atom stereocenters. The van der Waals surface area contributed by atoms with Gasteiger partial charge in [0, 0.05) is 34.2 Å². The maximum absolute atomic E-state index is 11.4. The molecule has 0 spiro atoms. The molecule has 1 amide bonds. The largest absolute Gasteiger partial charge is 0.351 e. The second kappa shape index (κ2) is 5.97. The van der Waals surface area contributed by atoms with Crippen molar-refractivity contribution in [1.82, 2.24) is 10.3 Å². The fourth-order valence-electron chi connectivity index (χ4n) is 0.970. The van der Waals surface area contributed by atoms with E-state index in [4.69, 9.17) is 0 Å². The lowest BCUT2D eigenvalue weighted by Gasteiger charge is -2.08. The molecular weight excluding hydrogens is 232 g/mol. The summed E-state index contributed by atoms with van der Waals surface area (Å²) in [7, 11) is -0.827. The number of amides is 1. The first kappa shape index (κ1) is 12.3. The van der Waals surface area contributed by atoms with Gasteiger partial charge >= 0.3 is 0 Å². The van der Waals surface area contributed by atoms with Crippen LogP contribution in [0.2, 0.25) is 0 Å². The number of rotatable bonds is 5. The van der Waals surface area contributed by atoms with Crippen LogP contribution >= 0.6 is 11.3 Å². The third kappa shape index (κ3) is 4.09. The van der Waals surface area contributed by atoms with Crippen LogP contribution in [-0.4, -0.2) is 33.2 Å². The predicted octanol–water partition coefficient (Wildman–Crippen LogP) is 1.03. The van der Waals surface area contributed by atoms with Gasteiger partial charge in [0.15, 0.2) is 0 Å². The van der Waals surface area contributed by atoms with E-state index in [1.54, 1.807) is 17.1 Å². The first-order chi connectivity index (χ1) is 7.11. The Hall–Kier alpha value is -0.750. The van der Waals surface area contributed by atoms with Crippen molar-refractivity contribution in [3.63, 3.8) is 0 Å². The summed E-state index contributed by atoms with van der Waals surface area (Å²) in [5.41, 5.74) is 2.07. The van der Waals surface area contributed by atoms with Crippen LogP contribution in [0.25, 0.3) is 0 Å². The number of carbonyl (C=O) groups excluding carboxylic acids is 1. The second-order valence-corrected chi connectivity index (χ2v) is 5.75. The summed E-state index contributed by atoms with van der Waals surface area (Å²) in [4.78, 5) is 15.3. The lowest BCUT2D eigenvalue weighted by atomic mass is 10.3. The normalized spacial score (nSPS) is 14.5. The Morgan fingerprint density at radius 1 is 1.73 bits per heavy atom. The molecule has 1 heterocycles. The lowest BCUT2D eigenvalue weighted by Crippen LogP contribution is -2.27. The van der Waals surface area contributed by atoms with Crippen molar-refractivity contribution in [2.45, 2.75) is 18.6 Å². The summed E-state index contributed by atoms with van der Waals surface area (Å²) < 4.78 is 11.0. The molecule has 0 aromatic carbocycles. The summed E-state index contributed by atoms with van der Waals surface area (Å²) in [6.07, 6.45) is 2.39. The van der Waals surface area contributed by atoms with E-state index in [0.717, 1.165) is 6.42 Å². The average Bonchev–Trinajstić information content (AvgIpc) is 2.70. The van der Waals surface area contributed by atoms with Crippen molar-refractivity contribution in [2.24, 2.45) is 0 Å². The molecule has 84 valence electrons. The molecule has 1 rings (SSSR count). The van der Waals surface area contributed by atoms with E-state index in [0.29, 0.717) is 12.2 Å². The van der Waals surface area contributed by atoms with E-state index in [1.807, 2.05) is 6.92 Å². The number of thiazole rings is 1. The minimum Gasteiger partial charge on any atom is -0.351 e. The van der Waals surface area contributed by atoms with Crippen LogP contribution in [0, 0.1) is 0 Å². The predicted molar refractivity (Wildman–Crippen MR) is 62.6 cm³/mol. The Kier molecular flexibility index (Phi) is 4.90. The van der Waals surface area contributed by atoms with E-state index in [1.165, 1.54) is 11.3 Å². The lowest BCUT2D eigenvalue weighted by molar-refractivity contribution is 0.0949. The van der Waals surface area contributed by atoms with Crippen molar-refractivity contribution >= 4 is 28.0 Å². The highest BCUT2D eigenvalue weighted by Gasteiger charge is 2.09. The van der Waals surface area contributed by atoms with E-state index >= 15 is 0 Å². The minimum atomic E-state index is -0.827. The Morgan fingerprint density at radius 3 is 3.00 bits per heavy atom. The Bertz CT molecular complexity index is 338. The fraction of sp³-hybridized carbons (Fsp3) is 0.556. The molecular formula is C9H14N2O2S2. The zero-order chi connectivity index (χ0) is 11.3. The van der Waals surface area contributed by atoms with Crippen LogP contribution in [0.1, 0.15) is 23.8 Å². The molecule has 1 N–H and O–H groups in total. The highest BCUT2D eigenvalue weighted by molar-refractivity contribution is 7.84. The van der Waals surface area contributed by atoms with E-state index in [-0.39, 0.29) is 11.2 Å². The maximum atomic E-state index is 11.4. The molecule has 15 heavy (non-hydrogen) atoms. The Balaban J connectivity index is 2.27. The van der Waals surface area contributed by atoms with E-state index < -0.39 is 10.8 Å². The maximum Gasteiger partial charge on any atom is 0.270 e. The molecule has 0 fully saturated rings. The van der Waals surface area contributed by atoms with E-state index in [9.17, 15) is 9.00 Å². The van der Waals surface area contributed by atoms with Crippen molar-refractivity contribution in [2.75, 3.05) is 12.8 Å². The van der Waals surface area contributed by atoms with Gasteiger partial charge in [-0.3, -0.25) is 9.00 Å². The molecule has 4 nitrogen and oxygen atoms in total. The summed E-state index contributed by atoms with van der Waals surface area (Å²) in [6.45, 7) is 2.45. The van der Waals surface area contributed by atoms with Gasteiger partial charge < -0.3 is 5.32 Å². The molecule has 1 aromatic heterocycles. The molecule has 2 atom stereocenters.